The van der Waals surface area contributed by atoms with Crippen LogP contribution in [0.25, 0.3) is 22.2 Å². The Bertz CT molecular complexity index is 1620. The van der Waals surface area contributed by atoms with E-state index in [0.29, 0.717) is 78.2 Å². The SMILES string of the molecule is C=CC(=O)N1CCN(CCCn2c(=O)c(-c3c(Cl)c(OC)cc(OCCCC)c3Cl)cc3cnc(NCC4CCOCC4)nc32)CC1. The van der Waals surface area contributed by atoms with E-state index in [1.807, 2.05) is 0 Å². The van der Waals surface area contributed by atoms with Crippen LogP contribution in [-0.4, -0.2) is 96.4 Å². The van der Waals surface area contributed by atoms with E-state index in [4.69, 9.17) is 42.4 Å². The van der Waals surface area contributed by atoms with Crippen LogP contribution in [0, 0.1) is 5.92 Å². The van der Waals surface area contributed by atoms with Crippen molar-refractivity contribution in [3.05, 3.63) is 51.4 Å². The highest BCUT2D eigenvalue weighted by atomic mass is 35.5. The number of halogens is 2. The summed E-state index contributed by atoms with van der Waals surface area (Å²) in [6.45, 7) is 12.4. The molecule has 5 rings (SSSR count). The highest BCUT2D eigenvalue weighted by Gasteiger charge is 2.24. The molecule has 0 saturated carbocycles. The monoisotopic (exact) mass is 686 g/mol. The van der Waals surface area contributed by atoms with Crippen LogP contribution in [-0.2, 0) is 16.1 Å². The third-order valence-electron chi connectivity index (χ3n) is 8.81. The molecule has 1 aromatic carbocycles. The Kier molecular flexibility index (Phi) is 12.4. The fourth-order valence-electron chi connectivity index (χ4n) is 6.00. The number of hydrogen-bond acceptors (Lipinski definition) is 9. The minimum absolute atomic E-state index is 0.0470. The Balaban J connectivity index is 1.48. The van der Waals surface area contributed by atoms with Crippen LogP contribution < -0.4 is 20.3 Å². The first-order valence-electron chi connectivity index (χ1n) is 16.4. The molecule has 11 nitrogen and oxygen atoms in total. The van der Waals surface area contributed by atoms with Crippen molar-refractivity contribution in [1.82, 2.24) is 24.3 Å². The van der Waals surface area contributed by atoms with Crippen LogP contribution in [0.15, 0.2) is 35.8 Å². The number of hydrogen-bond donors (Lipinski definition) is 1. The molecule has 47 heavy (non-hydrogen) atoms. The van der Waals surface area contributed by atoms with E-state index in [9.17, 15) is 9.59 Å². The summed E-state index contributed by atoms with van der Waals surface area (Å²) in [6.07, 6.45) is 7.54. The molecule has 254 valence electrons. The number of fused-ring (bicyclic) bond motifs is 1. The van der Waals surface area contributed by atoms with Crippen molar-refractivity contribution >= 4 is 46.1 Å². The van der Waals surface area contributed by atoms with E-state index in [1.165, 1.54) is 13.2 Å². The number of methoxy groups -OCH3 is 1. The van der Waals surface area contributed by atoms with E-state index >= 15 is 0 Å². The number of carbonyl (C=O) groups excluding carboxylic acids is 1. The Morgan fingerprint density at radius 3 is 2.55 bits per heavy atom. The van der Waals surface area contributed by atoms with Crippen molar-refractivity contribution in [1.29, 1.82) is 0 Å². The van der Waals surface area contributed by atoms with Crippen molar-refractivity contribution in [2.45, 2.75) is 45.6 Å². The number of ether oxygens (including phenoxy) is 3. The molecule has 2 saturated heterocycles. The quantitative estimate of drug-likeness (QED) is 0.173. The standard InChI is InChI=1S/C34H44Cl2N6O5/c1-4-6-16-47-27-20-26(45-3)30(35)29(31(27)36)25-19-24-22-38-34(37-21-23-8-17-46-18-9-23)39-32(24)42(33(25)44)11-7-10-40-12-14-41(15-13-40)28(43)5-2/h5,19-20,22-23H,2,4,6-18,21H2,1,3H3,(H,37,38,39). The zero-order valence-electron chi connectivity index (χ0n) is 27.2. The van der Waals surface area contributed by atoms with Crippen LogP contribution in [0.3, 0.4) is 0 Å². The minimum atomic E-state index is -0.274. The summed E-state index contributed by atoms with van der Waals surface area (Å²) in [4.78, 5) is 40.0. The lowest BCUT2D eigenvalue weighted by atomic mass is 10.0. The van der Waals surface area contributed by atoms with Gasteiger partial charge in [0.15, 0.2) is 0 Å². The molecule has 2 aliphatic rings. The van der Waals surface area contributed by atoms with Crippen molar-refractivity contribution in [3.8, 4) is 22.6 Å². The molecule has 0 atom stereocenters. The summed E-state index contributed by atoms with van der Waals surface area (Å²) in [7, 11) is 1.52. The molecule has 1 N–H and O–H groups in total. The summed E-state index contributed by atoms with van der Waals surface area (Å²) >= 11 is 13.8. The van der Waals surface area contributed by atoms with Crippen molar-refractivity contribution in [2.75, 3.05) is 71.5 Å². The van der Waals surface area contributed by atoms with Gasteiger partial charge >= 0.3 is 0 Å². The zero-order chi connectivity index (χ0) is 33.3. The van der Waals surface area contributed by atoms with Gasteiger partial charge in [-0.1, -0.05) is 43.1 Å². The predicted molar refractivity (Wildman–Crippen MR) is 186 cm³/mol. The van der Waals surface area contributed by atoms with Crippen molar-refractivity contribution < 1.29 is 19.0 Å². The molecule has 4 heterocycles. The number of piperazine rings is 1. The van der Waals surface area contributed by atoms with Crippen LogP contribution in [0.2, 0.25) is 10.0 Å². The maximum absolute atomic E-state index is 14.4. The first-order valence-corrected chi connectivity index (χ1v) is 17.1. The van der Waals surface area contributed by atoms with Gasteiger partial charge in [0.1, 0.15) is 17.1 Å². The first-order chi connectivity index (χ1) is 22.8. The number of benzene rings is 1. The number of nitrogens with zero attached hydrogens (tertiary/aromatic N) is 5. The fourth-order valence-corrected chi connectivity index (χ4v) is 6.68. The van der Waals surface area contributed by atoms with Gasteiger partial charge in [-0.15, -0.1) is 0 Å². The Morgan fingerprint density at radius 2 is 1.85 bits per heavy atom. The summed E-state index contributed by atoms with van der Waals surface area (Å²) in [5.74, 6) is 1.66. The summed E-state index contributed by atoms with van der Waals surface area (Å²) in [6, 6.07) is 3.40. The van der Waals surface area contributed by atoms with Crippen LogP contribution in [0.1, 0.15) is 39.0 Å². The summed E-state index contributed by atoms with van der Waals surface area (Å²) < 4.78 is 18.7. The van der Waals surface area contributed by atoms with Gasteiger partial charge < -0.3 is 24.4 Å². The number of anilines is 1. The summed E-state index contributed by atoms with van der Waals surface area (Å²) in [5, 5.41) is 4.53. The first kappa shape index (κ1) is 34.9. The van der Waals surface area contributed by atoms with E-state index in [1.54, 1.807) is 27.8 Å². The third-order valence-corrected chi connectivity index (χ3v) is 9.56. The smallest absolute Gasteiger partial charge is 0.260 e. The Morgan fingerprint density at radius 1 is 1.11 bits per heavy atom. The Hall–Kier alpha value is -3.38. The molecule has 0 unspecified atom stereocenters. The molecule has 1 amide bonds. The highest BCUT2D eigenvalue weighted by Crippen LogP contribution is 2.45. The number of aromatic nitrogens is 3. The largest absolute Gasteiger partial charge is 0.495 e. The Labute approximate surface area is 285 Å². The molecule has 0 spiro atoms. The van der Waals surface area contributed by atoms with Crippen LogP contribution in [0.5, 0.6) is 11.5 Å². The normalized spacial score (nSPS) is 16.0. The van der Waals surface area contributed by atoms with Gasteiger partial charge in [-0.05, 0) is 50.3 Å². The van der Waals surface area contributed by atoms with E-state index in [0.717, 1.165) is 65.1 Å². The zero-order valence-corrected chi connectivity index (χ0v) is 28.7. The number of pyridine rings is 1. The lowest BCUT2D eigenvalue weighted by molar-refractivity contribution is -0.127. The third kappa shape index (κ3) is 8.38. The second kappa shape index (κ2) is 16.6. The maximum Gasteiger partial charge on any atom is 0.260 e. The predicted octanol–water partition coefficient (Wildman–Crippen LogP) is 5.51. The molecule has 0 bridgehead atoms. The average Bonchev–Trinajstić information content (AvgIpc) is 3.10. The number of nitrogens with one attached hydrogen (secondary N) is 1. The number of unbranched alkanes of at least 4 members (excludes halogenated alkanes) is 1. The lowest BCUT2D eigenvalue weighted by Crippen LogP contribution is -2.48. The molecular formula is C34H44Cl2N6O5. The van der Waals surface area contributed by atoms with Crippen LogP contribution >= 0.6 is 23.2 Å². The van der Waals surface area contributed by atoms with Gasteiger partial charge in [0.2, 0.25) is 11.9 Å². The molecule has 2 fully saturated rings. The van der Waals surface area contributed by atoms with Gasteiger partial charge in [-0.3, -0.25) is 19.1 Å². The molecule has 2 aliphatic heterocycles. The van der Waals surface area contributed by atoms with Gasteiger partial charge in [-0.25, -0.2) is 4.98 Å². The number of rotatable bonds is 14. The van der Waals surface area contributed by atoms with Crippen molar-refractivity contribution in [2.24, 2.45) is 5.92 Å². The molecule has 0 aliphatic carbocycles. The second-order valence-electron chi connectivity index (χ2n) is 11.9. The fraction of sp³-hybridized carbons (Fsp3) is 0.529. The lowest BCUT2D eigenvalue weighted by Gasteiger charge is -2.34. The van der Waals surface area contributed by atoms with E-state index < -0.39 is 0 Å². The molecule has 0 radical (unpaired) electrons. The highest BCUT2D eigenvalue weighted by molar-refractivity contribution is 6.41. The second-order valence-corrected chi connectivity index (χ2v) is 12.7. The topological polar surface area (TPSA) is 111 Å². The minimum Gasteiger partial charge on any atom is -0.495 e. The van der Waals surface area contributed by atoms with Gasteiger partial charge in [-0.2, -0.15) is 4.98 Å². The van der Waals surface area contributed by atoms with Crippen LogP contribution in [0.4, 0.5) is 5.95 Å². The maximum atomic E-state index is 14.4. The number of amides is 1. The molecule has 3 aromatic rings. The number of aryl methyl sites for hydroxylation is 1. The van der Waals surface area contributed by atoms with Gasteiger partial charge in [0.05, 0.1) is 29.3 Å². The number of carbonyl (C=O) groups is 1. The van der Waals surface area contributed by atoms with Gasteiger partial charge in [0.25, 0.3) is 5.56 Å². The molecule has 2 aromatic heterocycles. The average molecular weight is 688 g/mol. The molecular weight excluding hydrogens is 643 g/mol. The summed E-state index contributed by atoms with van der Waals surface area (Å²) in [5.41, 5.74) is 0.920. The van der Waals surface area contributed by atoms with E-state index in [2.05, 4.69) is 28.7 Å². The molecule has 13 heteroatoms. The van der Waals surface area contributed by atoms with E-state index in [-0.39, 0.29) is 21.5 Å². The van der Waals surface area contributed by atoms with Gasteiger partial charge in [0, 0.05) is 75.7 Å². The van der Waals surface area contributed by atoms with Crippen molar-refractivity contribution in [3.63, 3.8) is 0 Å².